The van der Waals surface area contributed by atoms with Crippen LogP contribution >= 0.6 is 0 Å². The van der Waals surface area contributed by atoms with Gasteiger partial charge < -0.3 is 10.2 Å². The molecule has 3 heterocycles. The van der Waals surface area contributed by atoms with Crippen molar-refractivity contribution in [2.45, 2.75) is 58.5 Å². The maximum Gasteiger partial charge on any atom is 0.223 e. The fourth-order valence-electron chi connectivity index (χ4n) is 5.83. The van der Waals surface area contributed by atoms with Crippen LogP contribution in [0.1, 0.15) is 55.7 Å². The number of rotatable bonds is 7. The molecule has 1 aromatic carbocycles. The minimum absolute atomic E-state index is 0.203. The molecular weight excluding hydrogens is 396 g/mol. The van der Waals surface area contributed by atoms with Crippen molar-refractivity contribution in [3.63, 3.8) is 0 Å². The molecule has 2 aliphatic heterocycles. The average Bonchev–Trinajstić information content (AvgIpc) is 3.53. The Labute approximate surface area is 192 Å². The van der Waals surface area contributed by atoms with Crippen molar-refractivity contribution in [3.05, 3.63) is 59.4 Å². The molecule has 5 rings (SSSR count). The van der Waals surface area contributed by atoms with Crippen molar-refractivity contribution in [3.8, 4) is 0 Å². The van der Waals surface area contributed by atoms with E-state index in [9.17, 15) is 4.79 Å². The summed E-state index contributed by atoms with van der Waals surface area (Å²) in [6, 6.07) is 11.1. The number of fused-ring (bicyclic) bond motifs is 1. The van der Waals surface area contributed by atoms with E-state index in [1.807, 2.05) is 18.3 Å². The fourth-order valence-corrected chi connectivity index (χ4v) is 5.83. The van der Waals surface area contributed by atoms with Gasteiger partial charge in [0.15, 0.2) is 0 Å². The molecule has 0 bridgehead atoms. The minimum Gasteiger partial charge on any atom is -0.371 e. The van der Waals surface area contributed by atoms with E-state index < -0.39 is 0 Å². The minimum atomic E-state index is 0.203. The lowest BCUT2D eigenvalue weighted by molar-refractivity contribution is -0.123. The molecule has 32 heavy (non-hydrogen) atoms. The van der Waals surface area contributed by atoms with Crippen LogP contribution in [0.15, 0.2) is 42.7 Å². The third kappa shape index (κ3) is 4.54. The van der Waals surface area contributed by atoms with Crippen molar-refractivity contribution in [1.29, 1.82) is 0 Å². The molecule has 1 unspecified atom stereocenters. The lowest BCUT2D eigenvalue weighted by Gasteiger charge is -2.34. The van der Waals surface area contributed by atoms with Crippen LogP contribution < -0.4 is 10.2 Å². The third-order valence-corrected chi connectivity index (χ3v) is 7.81. The standard InChI is InChI=1S/C27H36N4O/c1-2-12-31-13-4-6-23-16-21(7-8-25(23)31)20-30-14-9-27(10-15-30)17-24(27)26(32)29-19-22-5-3-11-28-18-22/h3,5,7-8,11,16,18,24H,2,4,6,9-10,12-15,17,19-20H2,1H3,(H,29,32). The predicted octanol–water partition coefficient (Wildman–Crippen LogP) is 4.16. The van der Waals surface area contributed by atoms with E-state index in [2.05, 4.69) is 45.2 Å². The van der Waals surface area contributed by atoms with Crippen LogP contribution in [0, 0.1) is 11.3 Å². The highest BCUT2D eigenvalue weighted by Gasteiger charge is 2.58. The largest absolute Gasteiger partial charge is 0.371 e. The molecule has 1 saturated heterocycles. The number of amides is 1. The van der Waals surface area contributed by atoms with E-state index in [4.69, 9.17) is 0 Å². The average molecular weight is 433 g/mol. The van der Waals surface area contributed by atoms with Gasteiger partial charge in [0.1, 0.15) is 0 Å². The van der Waals surface area contributed by atoms with Gasteiger partial charge >= 0.3 is 0 Å². The van der Waals surface area contributed by atoms with Crippen LogP contribution in [0.25, 0.3) is 0 Å². The maximum atomic E-state index is 12.7. The Morgan fingerprint density at radius 1 is 1.19 bits per heavy atom. The molecule has 1 aliphatic carbocycles. The molecule has 3 aliphatic rings. The second kappa shape index (κ2) is 9.22. The summed E-state index contributed by atoms with van der Waals surface area (Å²) in [5.74, 6) is 0.434. The van der Waals surface area contributed by atoms with Crippen LogP contribution in [0.3, 0.4) is 0 Å². The number of anilines is 1. The van der Waals surface area contributed by atoms with Crippen LogP contribution in [0.4, 0.5) is 5.69 Å². The van der Waals surface area contributed by atoms with E-state index in [-0.39, 0.29) is 17.2 Å². The zero-order valence-corrected chi connectivity index (χ0v) is 19.4. The second-order valence-electron chi connectivity index (χ2n) is 10.0. The highest BCUT2D eigenvalue weighted by Crippen LogP contribution is 2.59. The molecule has 1 spiro atoms. The molecule has 1 atom stereocenters. The third-order valence-electron chi connectivity index (χ3n) is 7.81. The summed E-state index contributed by atoms with van der Waals surface area (Å²) in [5, 5.41) is 3.13. The van der Waals surface area contributed by atoms with Crippen LogP contribution in [0.2, 0.25) is 0 Å². The van der Waals surface area contributed by atoms with Crippen molar-refractivity contribution in [2.75, 3.05) is 31.1 Å². The molecular formula is C27H36N4O. The highest BCUT2D eigenvalue weighted by molar-refractivity contribution is 5.82. The Morgan fingerprint density at radius 2 is 2.06 bits per heavy atom. The van der Waals surface area contributed by atoms with E-state index >= 15 is 0 Å². The lowest BCUT2D eigenvalue weighted by Crippen LogP contribution is -2.36. The Bertz CT molecular complexity index is 936. The highest BCUT2D eigenvalue weighted by atomic mass is 16.2. The molecule has 170 valence electrons. The zero-order chi connectivity index (χ0) is 22.0. The number of aromatic nitrogens is 1. The second-order valence-corrected chi connectivity index (χ2v) is 10.0. The first-order valence-corrected chi connectivity index (χ1v) is 12.4. The predicted molar refractivity (Wildman–Crippen MR) is 128 cm³/mol. The van der Waals surface area contributed by atoms with Gasteiger partial charge in [-0.3, -0.25) is 14.7 Å². The number of piperidine rings is 1. The van der Waals surface area contributed by atoms with Gasteiger partial charge in [-0.2, -0.15) is 0 Å². The summed E-state index contributed by atoms with van der Waals surface area (Å²) < 4.78 is 0. The van der Waals surface area contributed by atoms with Crippen LogP contribution in [-0.4, -0.2) is 42.0 Å². The summed E-state index contributed by atoms with van der Waals surface area (Å²) in [6.45, 7) is 8.45. The van der Waals surface area contributed by atoms with Crippen molar-refractivity contribution < 1.29 is 4.79 Å². The van der Waals surface area contributed by atoms with Crippen molar-refractivity contribution >= 4 is 11.6 Å². The number of hydrogen-bond donors (Lipinski definition) is 1. The quantitative estimate of drug-likeness (QED) is 0.714. The van der Waals surface area contributed by atoms with Crippen LogP contribution in [-0.2, 0) is 24.3 Å². The van der Waals surface area contributed by atoms with Gasteiger partial charge in [0.05, 0.1) is 0 Å². The van der Waals surface area contributed by atoms with Crippen LogP contribution in [0.5, 0.6) is 0 Å². The van der Waals surface area contributed by atoms with Gasteiger partial charge in [0.25, 0.3) is 0 Å². The van der Waals surface area contributed by atoms with Gasteiger partial charge in [-0.15, -0.1) is 0 Å². The Kier molecular flexibility index (Phi) is 6.18. The van der Waals surface area contributed by atoms with Gasteiger partial charge in [0.2, 0.25) is 5.91 Å². The number of pyridine rings is 1. The Hall–Kier alpha value is -2.40. The number of hydrogen-bond acceptors (Lipinski definition) is 4. The lowest BCUT2D eigenvalue weighted by atomic mass is 9.90. The molecule has 0 radical (unpaired) electrons. The summed E-state index contributed by atoms with van der Waals surface area (Å²) >= 11 is 0. The molecule has 1 saturated carbocycles. The molecule has 5 nitrogen and oxygen atoms in total. The van der Waals surface area contributed by atoms with Gasteiger partial charge in [-0.1, -0.05) is 25.1 Å². The first-order chi connectivity index (χ1) is 15.7. The van der Waals surface area contributed by atoms with Gasteiger partial charge in [-0.25, -0.2) is 0 Å². The number of nitrogens with one attached hydrogen (secondary N) is 1. The first kappa shape index (κ1) is 21.4. The Balaban J connectivity index is 1.11. The zero-order valence-electron chi connectivity index (χ0n) is 19.4. The van der Waals surface area contributed by atoms with Gasteiger partial charge in [-0.05, 0) is 85.9 Å². The SMILES string of the molecule is CCCN1CCCc2cc(CN3CCC4(CC3)CC4C(=O)NCc3cccnc3)ccc21. The summed E-state index contributed by atoms with van der Waals surface area (Å²) in [7, 11) is 0. The van der Waals surface area contributed by atoms with Crippen molar-refractivity contribution in [1.82, 2.24) is 15.2 Å². The van der Waals surface area contributed by atoms with Gasteiger partial charge in [0, 0.05) is 50.2 Å². The number of likely N-dealkylation sites (tertiary alicyclic amines) is 1. The normalized spacial score (nSPS) is 21.9. The smallest absolute Gasteiger partial charge is 0.223 e. The number of carbonyl (C=O) groups excluding carboxylic acids is 1. The van der Waals surface area contributed by atoms with E-state index in [0.717, 1.165) is 51.0 Å². The fraction of sp³-hybridized carbons (Fsp3) is 0.556. The molecule has 2 fully saturated rings. The monoisotopic (exact) mass is 432 g/mol. The number of carbonyl (C=O) groups is 1. The molecule has 1 N–H and O–H groups in total. The van der Waals surface area contributed by atoms with Crippen molar-refractivity contribution in [2.24, 2.45) is 11.3 Å². The van der Waals surface area contributed by atoms with E-state index in [1.54, 1.807) is 6.20 Å². The van der Waals surface area contributed by atoms with E-state index in [1.165, 1.54) is 42.6 Å². The molecule has 2 aromatic rings. The maximum absolute atomic E-state index is 12.7. The topological polar surface area (TPSA) is 48.5 Å². The number of nitrogens with zero attached hydrogens (tertiary/aromatic N) is 3. The first-order valence-electron chi connectivity index (χ1n) is 12.4. The molecule has 1 amide bonds. The summed E-state index contributed by atoms with van der Waals surface area (Å²) in [4.78, 5) is 22.0. The Morgan fingerprint density at radius 3 is 2.84 bits per heavy atom. The number of benzene rings is 1. The van der Waals surface area contributed by atoms with E-state index in [0.29, 0.717) is 6.54 Å². The molecule has 5 heteroatoms. The number of aryl methyl sites for hydroxylation is 1. The summed E-state index contributed by atoms with van der Waals surface area (Å²) in [5.41, 5.74) is 5.75. The summed E-state index contributed by atoms with van der Waals surface area (Å²) in [6.07, 6.45) is 10.6. The molecule has 1 aromatic heterocycles.